The van der Waals surface area contributed by atoms with Crippen LogP contribution in [-0.2, 0) is 4.79 Å². The third kappa shape index (κ3) is 4.51. The second kappa shape index (κ2) is 7.08. The van der Waals surface area contributed by atoms with Gasteiger partial charge in [0, 0.05) is 31.9 Å². The van der Waals surface area contributed by atoms with Gasteiger partial charge >= 0.3 is 12.1 Å². The van der Waals surface area contributed by atoms with E-state index in [9.17, 15) is 18.0 Å². The maximum Gasteiger partial charge on any atom is 0.471 e. The monoisotopic (exact) mass is 348 g/mol. The molecule has 1 aromatic carbocycles. The van der Waals surface area contributed by atoms with Crippen molar-refractivity contribution in [3.63, 3.8) is 0 Å². The van der Waals surface area contributed by atoms with Crippen molar-refractivity contribution >= 4 is 34.7 Å². The topological polar surface area (TPSA) is 61.9 Å². The fraction of sp³-hybridized carbons (Fsp3) is 0.429. The van der Waals surface area contributed by atoms with Crippen molar-refractivity contribution in [2.24, 2.45) is 10.7 Å². The van der Waals surface area contributed by atoms with Gasteiger partial charge in [-0.15, -0.1) is 11.6 Å². The lowest BCUT2D eigenvalue weighted by Crippen LogP contribution is -2.52. The Kier molecular flexibility index (Phi) is 5.35. The summed E-state index contributed by atoms with van der Waals surface area (Å²) in [6.45, 7) is 0.761. The van der Waals surface area contributed by atoms with E-state index in [-0.39, 0.29) is 19.0 Å². The summed E-state index contributed by atoms with van der Waals surface area (Å²) in [4.78, 5) is 18.0. The first-order valence-corrected chi connectivity index (χ1v) is 7.45. The number of carbonyl (C=O) groups is 1. The smallest absolute Gasteiger partial charge is 0.386 e. The number of carbonyl (C=O) groups excluding carboxylic acids is 1. The Morgan fingerprint density at radius 3 is 2.22 bits per heavy atom. The molecule has 2 N–H and O–H groups in total. The number of amidine groups is 1. The summed E-state index contributed by atoms with van der Waals surface area (Å²) in [6, 6.07) is 7.12. The standard InChI is InChI=1S/C14H16ClF3N4O/c15-9-12(19)20-10-1-3-11(4-2-10)21-5-7-22(8-6-21)13(23)14(16,17)18/h1-4H,5-9H2,(H2,19,20). The van der Waals surface area contributed by atoms with Crippen molar-refractivity contribution in [3.8, 4) is 0 Å². The van der Waals surface area contributed by atoms with Gasteiger partial charge in [-0.2, -0.15) is 13.2 Å². The van der Waals surface area contributed by atoms with Gasteiger partial charge in [0.2, 0.25) is 0 Å². The second-order valence-electron chi connectivity index (χ2n) is 5.03. The Bertz CT molecular complexity index is 581. The summed E-state index contributed by atoms with van der Waals surface area (Å²) >= 11 is 5.55. The number of benzene rings is 1. The molecule has 126 valence electrons. The van der Waals surface area contributed by atoms with E-state index in [4.69, 9.17) is 17.3 Å². The normalized spacial score (nSPS) is 16.6. The minimum Gasteiger partial charge on any atom is -0.386 e. The van der Waals surface area contributed by atoms with Crippen LogP contribution in [-0.4, -0.2) is 54.9 Å². The van der Waals surface area contributed by atoms with E-state index in [0.29, 0.717) is 24.6 Å². The first-order chi connectivity index (χ1) is 10.8. The first-order valence-electron chi connectivity index (χ1n) is 6.91. The lowest BCUT2D eigenvalue weighted by Gasteiger charge is -2.36. The number of rotatable bonds is 3. The fourth-order valence-corrected chi connectivity index (χ4v) is 2.34. The molecule has 5 nitrogen and oxygen atoms in total. The Morgan fingerprint density at radius 1 is 1.17 bits per heavy atom. The van der Waals surface area contributed by atoms with Crippen molar-refractivity contribution < 1.29 is 18.0 Å². The van der Waals surface area contributed by atoms with Gasteiger partial charge in [-0.05, 0) is 24.3 Å². The van der Waals surface area contributed by atoms with Gasteiger partial charge in [0.25, 0.3) is 0 Å². The molecule has 1 amide bonds. The van der Waals surface area contributed by atoms with Crippen molar-refractivity contribution in [1.29, 1.82) is 0 Å². The molecule has 0 bridgehead atoms. The third-order valence-electron chi connectivity index (χ3n) is 3.43. The Morgan fingerprint density at radius 2 is 1.74 bits per heavy atom. The van der Waals surface area contributed by atoms with Crippen LogP contribution in [0.3, 0.4) is 0 Å². The van der Waals surface area contributed by atoms with E-state index in [1.807, 2.05) is 17.0 Å². The molecule has 1 fully saturated rings. The summed E-state index contributed by atoms with van der Waals surface area (Å²) < 4.78 is 37.2. The van der Waals surface area contributed by atoms with Crippen molar-refractivity contribution in [2.45, 2.75) is 6.18 Å². The van der Waals surface area contributed by atoms with Crippen LogP contribution in [0.4, 0.5) is 24.5 Å². The van der Waals surface area contributed by atoms with Gasteiger partial charge < -0.3 is 15.5 Å². The van der Waals surface area contributed by atoms with E-state index < -0.39 is 12.1 Å². The number of amides is 1. The fourth-order valence-electron chi connectivity index (χ4n) is 2.28. The van der Waals surface area contributed by atoms with Crippen molar-refractivity contribution in [1.82, 2.24) is 4.90 Å². The van der Waals surface area contributed by atoms with E-state index >= 15 is 0 Å². The summed E-state index contributed by atoms with van der Waals surface area (Å²) in [6.07, 6.45) is -4.82. The van der Waals surface area contributed by atoms with Gasteiger partial charge in [-0.25, -0.2) is 4.99 Å². The Labute approximate surface area is 136 Å². The lowest BCUT2D eigenvalue weighted by atomic mass is 10.2. The number of hydrogen-bond donors (Lipinski definition) is 1. The molecule has 0 aromatic heterocycles. The third-order valence-corrected chi connectivity index (χ3v) is 3.71. The van der Waals surface area contributed by atoms with Crippen LogP contribution in [0.5, 0.6) is 0 Å². The van der Waals surface area contributed by atoms with Crippen molar-refractivity contribution in [2.75, 3.05) is 37.0 Å². The van der Waals surface area contributed by atoms with Crippen LogP contribution in [0.1, 0.15) is 0 Å². The van der Waals surface area contributed by atoms with E-state index in [1.54, 1.807) is 12.1 Å². The largest absolute Gasteiger partial charge is 0.471 e. The quantitative estimate of drug-likeness (QED) is 0.517. The number of anilines is 1. The number of nitrogens with two attached hydrogens (primary N) is 1. The summed E-state index contributed by atoms with van der Waals surface area (Å²) in [5, 5.41) is 0. The molecule has 23 heavy (non-hydrogen) atoms. The number of piperazine rings is 1. The molecule has 0 aliphatic carbocycles. The number of hydrogen-bond acceptors (Lipinski definition) is 3. The average Bonchev–Trinajstić information content (AvgIpc) is 2.54. The zero-order chi connectivity index (χ0) is 17.0. The highest BCUT2D eigenvalue weighted by Crippen LogP contribution is 2.23. The van der Waals surface area contributed by atoms with E-state index in [2.05, 4.69) is 4.99 Å². The zero-order valence-electron chi connectivity index (χ0n) is 12.2. The Hall–Kier alpha value is -1.96. The first kappa shape index (κ1) is 17.4. The summed E-state index contributed by atoms with van der Waals surface area (Å²) in [7, 11) is 0. The van der Waals surface area contributed by atoms with Gasteiger partial charge in [-0.1, -0.05) is 0 Å². The van der Waals surface area contributed by atoms with Crippen LogP contribution in [0.25, 0.3) is 0 Å². The van der Waals surface area contributed by atoms with Gasteiger partial charge in [0.1, 0.15) is 5.84 Å². The summed E-state index contributed by atoms with van der Waals surface area (Å²) in [5.74, 6) is -1.34. The maximum absolute atomic E-state index is 12.4. The predicted molar refractivity (Wildman–Crippen MR) is 83.3 cm³/mol. The molecule has 2 rings (SSSR count). The molecule has 0 saturated carbocycles. The highest BCUT2D eigenvalue weighted by atomic mass is 35.5. The SMILES string of the molecule is NC(CCl)=Nc1ccc(N2CCN(C(=O)C(F)(F)F)CC2)cc1. The van der Waals surface area contributed by atoms with Crippen LogP contribution in [0, 0.1) is 0 Å². The zero-order valence-corrected chi connectivity index (χ0v) is 12.9. The number of aliphatic imine (C=N–C) groups is 1. The molecular weight excluding hydrogens is 333 g/mol. The molecule has 1 aromatic rings. The summed E-state index contributed by atoms with van der Waals surface area (Å²) in [5.41, 5.74) is 7.05. The molecule has 0 radical (unpaired) electrons. The average molecular weight is 349 g/mol. The van der Waals surface area contributed by atoms with Crippen LogP contribution in [0.15, 0.2) is 29.3 Å². The highest BCUT2D eigenvalue weighted by Gasteiger charge is 2.43. The van der Waals surface area contributed by atoms with Gasteiger partial charge in [0.05, 0.1) is 11.6 Å². The molecule has 1 saturated heterocycles. The molecule has 0 unspecified atom stereocenters. The number of alkyl halides is 4. The molecular formula is C14H16ClF3N4O. The predicted octanol–water partition coefficient (Wildman–Crippen LogP) is 2.12. The molecule has 0 spiro atoms. The van der Waals surface area contributed by atoms with Gasteiger partial charge in [0.15, 0.2) is 0 Å². The second-order valence-corrected chi connectivity index (χ2v) is 5.30. The van der Waals surface area contributed by atoms with Crippen molar-refractivity contribution in [3.05, 3.63) is 24.3 Å². The highest BCUT2D eigenvalue weighted by molar-refractivity contribution is 6.28. The molecule has 9 heteroatoms. The molecule has 0 atom stereocenters. The lowest BCUT2D eigenvalue weighted by molar-refractivity contribution is -0.185. The van der Waals surface area contributed by atoms with Gasteiger partial charge in [-0.3, -0.25) is 4.79 Å². The molecule has 1 heterocycles. The van der Waals surface area contributed by atoms with Crippen LogP contribution in [0.2, 0.25) is 0 Å². The number of halogens is 4. The minimum absolute atomic E-state index is 0.0391. The van der Waals surface area contributed by atoms with Crippen LogP contribution >= 0.6 is 11.6 Å². The molecule has 1 aliphatic rings. The van der Waals surface area contributed by atoms with Crippen LogP contribution < -0.4 is 10.6 Å². The number of nitrogens with zero attached hydrogens (tertiary/aromatic N) is 3. The molecule has 1 aliphatic heterocycles. The minimum atomic E-state index is -4.82. The maximum atomic E-state index is 12.4. The Balaban J connectivity index is 1.97. The van der Waals surface area contributed by atoms with E-state index in [1.165, 1.54) is 0 Å². The van der Waals surface area contributed by atoms with E-state index in [0.717, 1.165) is 10.6 Å².